The zero-order valence-corrected chi connectivity index (χ0v) is 15.6. The fraction of sp³-hybridized carbons (Fsp3) is 0.632. The molecule has 140 valence electrons. The van der Waals surface area contributed by atoms with E-state index >= 15 is 0 Å². The summed E-state index contributed by atoms with van der Waals surface area (Å²) in [5, 5.41) is 9.09. The molecule has 0 radical (unpaired) electrons. The quantitative estimate of drug-likeness (QED) is 0.797. The van der Waals surface area contributed by atoms with Gasteiger partial charge in [0.2, 0.25) is 0 Å². The molecule has 0 unspecified atom stereocenters. The van der Waals surface area contributed by atoms with Gasteiger partial charge in [0.1, 0.15) is 0 Å². The van der Waals surface area contributed by atoms with E-state index in [0.717, 1.165) is 51.5 Å². The Bertz CT molecular complexity index is 779. The average molecular weight is 356 g/mol. The first-order valence-corrected chi connectivity index (χ1v) is 9.72. The van der Waals surface area contributed by atoms with E-state index in [9.17, 15) is 4.79 Å². The Hall–Kier alpha value is -1.99. The summed E-state index contributed by atoms with van der Waals surface area (Å²) in [5.41, 5.74) is 3.49. The molecule has 26 heavy (non-hydrogen) atoms. The molecule has 2 aliphatic rings. The first-order chi connectivity index (χ1) is 12.7. The molecule has 7 nitrogen and oxygen atoms in total. The summed E-state index contributed by atoms with van der Waals surface area (Å²) in [5.74, 6) is 0. The maximum atomic E-state index is 11.8. The molecule has 0 spiro atoms. The smallest absolute Gasteiger partial charge is 0.266 e. The first kappa shape index (κ1) is 17.4. The van der Waals surface area contributed by atoms with Crippen LogP contribution in [0.1, 0.15) is 29.9 Å². The van der Waals surface area contributed by atoms with Crippen molar-refractivity contribution in [2.75, 3.05) is 32.7 Å². The average Bonchev–Trinajstić information content (AvgIpc) is 3.06. The number of aromatic nitrogens is 4. The van der Waals surface area contributed by atoms with Gasteiger partial charge in [0.15, 0.2) is 0 Å². The fourth-order valence-electron chi connectivity index (χ4n) is 3.90. The van der Waals surface area contributed by atoms with E-state index in [0.29, 0.717) is 6.54 Å². The van der Waals surface area contributed by atoms with Crippen LogP contribution in [-0.2, 0) is 26.1 Å². The third kappa shape index (κ3) is 4.04. The highest BCUT2D eigenvalue weighted by Gasteiger charge is 2.19. The van der Waals surface area contributed by atoms with Gasteiger partial charge < -0.3 is 0 Å². The number of hydrogen-bond donors (Lipinski definition) is 0. The second-order valence-corrected chi connectivity index (χ2v) is 7.46. The Labute approximate surface area is 154 Å². The van der Waals surface area contributed by atoms with Gasteiger partial charge in [-0.1, -0.05) is 0 Å². The molecule has 4 rings (SSSR count). The second kappa shape index (κ2) is 7.72. The van der Waals surface area contributed by atoms with Crippen molar-refractivity contribution in [2.45, 2.75) is 45.8 Å². The minimum atomic E-state index is -0.0158. The highest BCUT2D eigenvalue weighted by Crippen LogP contribution is 2.16. The zero-order chi connectivity index (χ0) is 17.9. The molecule has 2 aromatic rings. The van der Waals surface area contributed by atoms with Gasteiger partial charge >= 0.3 is 0 Å². The summed E-state index contributed by atoms with van der Waals surface area (Å²) in [6.07, 6.45) is 3.72. The predicted octanol–water partition coefficient (Wildman–Crippen LogP) is 0.902. The molecule has 0 N–H and O–H groups in total. The van der Waals surface area contributed by atoms with Crippen molar-refractivity contribution >= 4 is 0 Å². The van der Waals surface area contributed by atoms with E-state index < -0.39 is 0 Å². The maximum Gasteiger partial charge on any atom is 0.266 e. The molecule has 4 heterocycles. The molecule has 2 aliphatic heterocycles. The predicted molar refractivity (Wildman–Crippen MR) is 100 cm³/mol. The van der Waals surface area contributed by atoms with Crippen LogP contribution >= 0.6 is 0 Å². The largest absolute Gasteiger partial charge is 0.299 e. The summed E-state index contributed by atoms with van der Waals surface area (Å²) in [4.78, 5) is 16.8. The number of aryl methyl sites for hydroxylation is 3. The Morgan fingerprint density at radius 3 is 2.58 bits per heavy atom. The summed E-state index contributed by atoms with van der Waals surface area (Å²) < 4.78 is 3.78. The van der Waals surface area contributed by atoms with Crippen molar-refractivity contribution in [2.24, 2.45) is 0 Å². The van der Waals surface area contributed by atoms with E-state index in [2.05, 4.69) is 25.6 Å². The summed E-state index contributed by atoms with van der Waals surface area (Å²) in [6.45, 7) is 9.67. The molecular formula is C19H28N6O. The topological polar surface area (TPSA) is 59.2 Å². The minimum Gasteiger partial charge on any atom is -0.299 e. The van der Waals surface area contributed by atoms with Crippen LogP contribution in [0.25, 0.3) is 0 Å². The number of piperazine rings is 1. The molecule has 0 aliphatic carbocycles. The van der Waals surface area contributed by atoms with E-state index in [1.165, 1.54) is 30.7 Å². The first-order valence-electron chi connectivity index (χ1n) is 9.72. The van der Waals surface area contributed by atoms with Crippen molar-refractivity contribution in [1.29, 1.82) is 0 Å². The van der Waals surface area contributed by atoms with E-state index in [1.54, 1.807) is 16.8 Å². The summed E-state index contributed by atoms with van der Waals surface area (Å²) in [6, 6.07) is 5.66. The van der Waals surface area contributed by atoms with Crippen LogP contribution < -0.4 is 5.56 Å². The van der Waals surface area contributed by atoms with Crippen molar-refractivity contribution in [3.63, 3.8) is 0 Å². The molecule has 2 aromatic heterocycles. The lowest BCUT2D eigenvalue weighted by molar-refractivity contribution is 0.121. The van der Waals surface area contributed by atoms with Gasteiger partial charge in [-0.3, -0.25) is 19.3 Å². The lowest BCUT2D eigenvalue weighted by atomic mass is 10.1. The van der Waals surface area contributed by atoms with Gasteiger partial charge in [0.25, 0.3) is 5.56 Å². The minimum absolute atomic E-state index is 0.0158. The summed E-state index contributed by atoms with van der Waals surface area (Å²) in [7, 11) is 0. The van der Waals surface area contributed by atoms with Crippen LogP contribution in [0.3, 0.4) is 0 Å². The molecule has 0 aromatic carbocycles. The van der Waals surface area contributed by atoms with E-state index in [4.69, 9.17) is 5.10 Å². The fourth-order valence-corrected chi connectivity index (χ4v) is 3.90. The number of fused-ring (bicyclic) bond motifs is 1. The molecule has 0 saturated carbocycles. The third-order valence-corrected chi connectivity index (χ3v) is 5.45. The van der Waals surface area contributed by atoms with Gasteiger partial charge in [-0.2, -0.15) is 10.2 Å². The summed E-state index contributed by atoms with van der Waals surface area (Å²) >= 11 is 0. The van der Waals surface area contributed by atoms with Crippen molar-refractivity contribution in [3.8, 4) is 0 Å². The van der Waals surface area contributed by atoms with Gasteiger partial charge in [0, 0.05) is 57.6 Å². The SMILES string of the molecule is Cc1ccc(=O)n(CCN2CCN(Cc3cc4n(n3)CCCC4)CC2)n1. The lowest BCUT2D eigenvalue weighted by Gasteiger charge is -2.34. The van der Waals surface area contributed by atoms with Gasteiger partial charge in [0.05, 0.1) is 17.9 Å². The van der Waals surface area contributed by atoms with Crippen LogP contribution in [0.15, 0.2) is 23.0 Å². The van der Waals surface area contributed by atoms with Crippen LogP contribution in [0.5, 0.6) is 0 Å². The third-order valence-electron chi connectivity index (χ3n) is 5.45. The normalized spacial score (nSPS) is 18.8. The zero-order valence-electron chi connectivity index (χ0n) is 15.6. The molecular weight excluding hydrogens is 328 g/mol. The van der Waals surface area contributed by atoms with Crippen LogP contribution in [-0.4, -0.2) is 62.1 Å². The van der Waals surface area contributed by atoms with Gasteiger partial charge in [-0.15, -0.1) is 0 Å². The van der Waals surface area contributed by atoms with E-state index in [-0.39, 0.29) is 5.56 Å². The molecule has 7 heteroatoms. The molecule has 0 bridgehead atoms. The lowest BCUT2D eigenvalue weighted by Crippen LogP contribution is -2.47. The standard InChI is InChI=1S/C19H28N6O/c1-16-5-6-19(26)25(20-16)13-12-22-8-10-23(11-9-22)15-17-14-18-4-2-3-7-24(18)21-17/h5-6,14H,2-4,7-13,15H2,1H3. The van der Waals surface area contributed by atoms with Crippen molar-refractivity contribution in [3.05, 3.63) is 45.6 Å². The Morgan fingerprint density at radius 1 is 0.962 bits per heavy atom. The molecule has 1 fully saturated rings. The Morgan fingerprint density at radius 2 is 1.77 bits per heavy atom. The van der Waals surface area contributed by atoms with Crippen LogP contribution in [0, 0.1) is 6.92 Å². The highest BCUT2D eigenvalue weighted by atomic mass is 16.1. The van der Waals surface area contributed by atoms with Crippen molar-refractivity contribution < 1.29 is 0 Å². The number of rotatable bonds is 5. The second-order valence-electron chi connectivity index (χ2n) is 7.46. The maximum absolute atomic E-state index is 11.8. The van der Waals surface area contributed by atoms with Gasteiger partial charge in [-0.05, 0) is 38.3 Å². The highest BCUT2D eigenvalue weighted by molar-refractivity contribution is 5.12. The molecule has 0 atom stereocenters. The van der Waals surface area contributed by atoms with Crippen molar-refractivity contribution in [1.82, 2.24) is 29.4 Å². The Balaban J connectivity index is 1.25. The number of nitrogens with zero attached hydrogens (tertiary/aromatic N) is 6. The molecule has 0 amide bonds. The van der Waals surface area contributed by atoms with E-state index in [1.807, 2.05) is 6.92 Å². The molecule has 1 saturated heterocycles. The Kier molecular flexibility index (Phi) is 5.17. The van der Waals surface area contributed by atoms with Crippen LogP contribution in [0.4, 0.5) is 0 Å². The number of hydrogen-bond acceptors (Lipinski definition) is 5. The van der Waals surface area contributed by atoms with Gasteiger partial charge in [-0.25, -0.2) is 4.68 Å². The monoisotopic (exact) mass is 356 g/mol. The van der Waals surface area contributed by atoms with Crippen LogP contribution in [0.2, 0.25) is 0 Å².